The minimum atomic E-state index is 0.0165. The number of rotatable bonds is 8. The molecule has 2 aromatic rings. The van der Waals surface area contributed by atoms with E-state index in [2.05, 4.69) is 36.1 Å². The molecule has 1 saturated heterocycles. The molecule has 6 nitrogen and oxygen atoms in total. The van der Waals surface area contributed by atoms with Crippen LogP contribution in [0.5, 0.6) is 0 Å². The molecule has 1 fully saturated rings. The third-order valence-corrected chi connectivity index (χ3v) is 7.98. The molecule has 0 saturated carbocycles. The van der Waals surface area contributed by atoms with Crippen molar-refractivity contribution >= 4 is 11.2 Å². The van der Waals surface area contributed by atoms with E-state index < -0.39 is 0 Å². The summed E-state index contributed by atoms with van der Waals surface area (Å²) in [5.74, 6) is 0. The van der Waals surface area contributed by atoms with Crippen LogP contribution in [0.15, 0.2) is 18.5 Å². The Kier molecular flexibility index (Phi) is 5.19. The molecule has 2 aromatic heterocycles. The first-order valence-corrected chi connectivity index (χ1v) is 10.6. The zero-order chi connectivity index (χ0) is 16.4. The van der Waals surface area contributed by atoms with Crippen molar-refractivity contribution in [2.75, 3.05) is 11.0 Å². The van der Waals surface area contributed by atoms with Gasteiger partial charge in [-0.25, -0.2) is 0 Å². The number of aromatic nitrogens is 3. The van der Waals surface area contributed by atoms with Gasteiger partial charge in [0.05, 0.1) is 0 Å². The van der Waals surface area contributed by atoms with Crippen LogP contribution in [0.4, 0.5) is 0 Å². The molecule has 0 amide bonds. The molecule has 3 heterocycles. The first-order valence-electron chi connectivity index (χ1n) is 8.01. The van der Waals surface area contributed by atoms with E-state index in [1.807, 2.05) is 16.8 Å². The maximum atomic E-state index is 5.82. The van der Waals surface area contributed by atoms with Gasteiger partial charge < -0.3 is 0 Å². The van der Waals surface area contributed by atoms with E-state index in [0.717, 1.165) is 23.5 Å². The Bertz CT molecular complexity index is 672. The van der Waals surface area contributed by atoms with Gasteiger partial charge in [-0.05, 0) is 0 Å². The minimum absolute atomic E-state index is 0.0165. The van der Waals surface area contributed by atoms with Crippen molar-refractivity contribution in [3.63, 3.8) is 0 Å². The standard InChI is InChI=1S/C16H25IN5O/c1-4-16(2,3)17-6-8-23-10-22-7-5-11-15(22)19-9-12(20-11)13-14(18)21-13/h5,7,9,13-14,21H,4,6,8,10,18H2,1-3H3/q-1. The number of nitrogens with zero attached hydrogens (tertiary/aromatic N) is 3. The van der Waals surface area contributed by atoms with Crippen LogP contribution in [0.1, 0.15) is 38.9 Å². The first-order chi connectivity index (χ1) is 11.0. The third-order valence-electron chi connectivity index (χ3n) is 4.17. The van der Waals surface area contributed by atoms with E-state index in [1.165, 1.54) is 10.8 Å². The van der Waals surface area contributed by atoms with Crippen molar-refractivity contribution in [2.45, 2.75) is 49.6 Å². The molecule has 23 heavy (non-hydrogen) atoms. The molecule has 128 valence electrons. The van der Waals surface area contributed by atoms with Crippen LogP contribution >= 0.6 is 0 Å². The Balaban J connectivity index is 1.52. The van der Waals surface area contributed by atoms with E-state index in [-0.39, 0.29) is 33.4 Å². The molecule has 1 aliphatic heterocycles. The zero-order valence-electron chi connectivity index (χ0n) is 13.9. The fourth-order valence-corrected chi connectivity index (χ4v) is 4.79. The molecule has 0 spiro atoms. The number of halogens is 1. The van der Waals surface area contributed by atoms with Crippen LogP contribution in [0.2, 0.25) is 0 Å². The van der Waals surface area contributed by atoms with Crippen LogP contribution in [0.3, 0.4) is 0 Å². The predicted octanol–water partition coefficient (Wildman–Crippen LogP) is -1.39. The van der Waals surface area contributed by atoms with Gasteiger partial charge in [0, 0.05) is 0 Å². The molecule has 3 rings (SSSR count). The van der Waals surface area contributed by atoms with Gasteiger partial charge in [0.2, 0.25) is 0 Å². The van der Waals surface area contributed by atoms with Crippen molar-refractivity contribution in [2.24, 2.45) is 5.73 Å². The zero-order valence-corrected chi connectivity index (χ0v) is 16.1. The predicted molar refractivity (Wildman–Crippen MR) is 86.6 cm³/mol. The Hall–Kier alpha value is -0.770. The summed E-state index contributed by atoms with van der Waals surface area (Å²) in [4.78, 5) is 9.14. The molecule has 0 aromatic carbocycles. The van der Waals surface area contributed by atoms with Gasteiger partial charge in [-0.1, -0.05) is 0 Å². The molecular weight excluding hydrogens is 405 g/mol. The van der Waals surface area contributed by atoms with Crippen LogP contribution in [-0.2, 0) is 11.5 Å². The Morgan fingerprint density at radius 2 is 2.26 bits per heavy atom. The van der Waals surface area contributed by atoms with Gasteiger partial charge in [0.15, 0.2) is 0 Å². The van der Waals surface area contributed by atoms with Crippen molar-refractivity contribution in [3.05, 3.63) is 24.2 Å². The monoisotopic (exact) mass is 430 g/mol. The van der Waals surface area contributed by atoms with Crippen LogP contribution in [-0.4, -0.2) is 35.2 Å². The second-order valence-corrected chi connectivity index (χ2v) is 11.2. The Morgan fingerprint density at radius 3 is 2.96 bits per heavy atom. The summed E-state index contributed by atoms with van der Waals surface area (Å²) in [5, 5.41) is 3.13. The van der Waals surface area contributed by atoms with Crippen molar-refractivity contribution in [1.82, 2.24) is 19.9 Å². The number of nitrogens with two attached hydrogens (primary N) is 1. The molecule has 3 N–H and O–H groups in total. The fraction of sp³-hybridized carbons (Fsp3) is 0.625. The number of alkyl halides is 2. The summed E-state index contributed by atoms with van der Waals surface area (Å²) in [5.41, 5.74) is 8.46. The SMILES string of the molecule is CCC(C)(C)[I-]CCOCn1ccc2nc(C3NC3N)cnc21. The molecule has 0 bridgehead atoms. The third kappa shape index (κ3) is 4.20. The summed E-state index contributed by atoms with van der Waals surface area (Å²) in [6, 6.07) is 2.13. The number of ether oxygens (including phenoxy) is 1. The number of hydrogen-bond donors (Lipinski definition) is 2. The van der Waals surface area contributed by atoms with Gasteiger partial charge in [0.25, 0.3) is 0 Å². The second kappa shape index (κ2) is 7.00. The average molecular weight is 430 g/mol. The van der Waals surface area contributed by atoms with E-state index in [0.29, 0.717) is 10.2 Å². The maximum absolute atomic E-state index is 5.82. The van der Waals surface area contributed by atoms with Gasteiger partial charge in [0.1, 0.15) is 0 Å². The topological polar surface area (TPSA) is 87.9 Å². The van der Waals surface area contributed by atoms with E-state index >= 15 is 0 Å². The normalized spacial score (nSPS) is 21.2. The van der Waals surface area contributed by atoms with Crippen molar-refractivity contribution < 1.29 is 25.9 Å². The molecule has 0 radical (unpaired) electrons. The Morgan fingerprint density at radius 1 is 1.48 bits per heavy atom. The summed E-state index contributed by atoms with van der Waals surface area (Å²) in [7, 11) is 0. The van der Waals surface area contributed by atoms with E-state index in [4.69, 9.17) is 10.5 Å². The average Bonchev–Trinajstić information content (AvgIpc) is 3.13. The molecule has 2 unspecified atom stereocenters. The summed E-state index contributed by atoms with van der Waals surface area (Å²) in [6.07, 6.45) is 5.06. The molecule has 0 aliphatic carbocycles. The number of nitrogens with one attached hydrogen (secondary N) is 1. The summed E-state index contributed by atoms with van der Waals surface area (Å²) in [6.45, 7) is 8.34. The van der Waals surface area contributed by atoms with Crippen LogP contribution < -0.4 is 32.3 Å². The molecule has 1 aliphatic rings. The molecule has 2 atom stereocenters. The number of fused-ring (bicyclic) bond motifs is 1. The molecule has 7 heteroatoms. The van der Waals surface area contributed by atoms with Gasteiger partial charge in [-0.15, -0.1) is 0 Å². The van der Waals surface area contributed by atoms with Gasteiger partial charge in [-0.2, -0.15) is 0 Å². The van der Waals surface area contributed by atoms with E-state index in [9.17, 15) is 0 Å². The summed E-state index contributed by atoms with van der Waals surface area (Å²) < 4.78 is 9.54. The van der Waals surface area contributed by atoms with Crippen molar-refractivity contribution in [3.8, 4) is 0 Å². The summed E-state index contributed by atoms with van der Waals surface area (Å²) >= 11 is 0.182. The second-order valence-electron chi connectivity index (χ2n) is 6.39. The van der Waals surface area contributed by atoms with Gasteiger partial charge >= 0.3 is 147 Å². The first kappa shape index (κ1) is 17.1. The fourth-order valence-electron chi connectivity index (χ4n) is 2.26. The van der Waals surface area contributed by atoms with Crippen LogP contribution in [0, 0.1) is 0 Å². The number of hydrogen-bond acceptors (Lipinski definition) is 5. The van der Waals surface area contributed by atoms with Gasteiger partial charge in [-0.3, -0.25) is 0 Å². The van der Waals surface area contributed by atoms with Crippen molar-refractivity contribution in [1.29, 1.82) is 0 Å². The quantitative estimate of drug-likeness (QED) is 0.233. The Labute approximate surface area is 147 Å². The van der Waals surface area contributed by atoms with E-state index in [1.54, 1.807) is 6.20 Å². The van der Waals surface area contributed by atoms with Crippen LogP contribution in [0.25, 0.3) is 11.2 Å². The molecular formula is C16H25IN5O-.